The van der Waals surface area contributed by atoms with Crippen LogP contribution in [0.25, 0.3) is 5.76 Å². The summed E-state index contributed by atoms with van der Waals surface area (Å²) in [4.78, 5) is 31.9. The summed E-state index contributed by atoms with van der Waals surface area (Å²) in [6.45, 7) is 0.199. The molecule has 1 saturated heterocycles. The number of ketones is 1. The molecule has 3 aromatic rings. The van der Waals surface area contributed by atoms with Crippen molar-refractivity contribution in [1.29, 1.82) is 0 Å². The van der Waals surface area contributed by atoms with E-state index in [0.29, 0.717) is 11.1 Å². The molecule has 1 unspecified atom stereocenters. The van der Waals surface area contributed by atoms with Crippen LogP contribution in [0.2, 0.25) is 0 Å². The topological polar surface area (TPSA) is 90.7 Å². The molecule has 2 aromatic heterocycles. The number of carbonyl (C=O) groups excluding carboxylic acids is 2. The number of Topliss-reactive ketones (excluding diaryl/α,β-unsaturated/α-hetero) is 1. The number of pyridine rings is 1. The number of rotatable bonds is 4. The molecule has 0 spiro atoms. The van der Waals surface area contributed by atoms with E-state index in [4.69, 9.17) is 0 Å². The number of phenolic OH excluding ortho intramolecular Hbond substituents is 1. The Labute approximate surface area is 165 Å². The van der Waals surface area contributed by atoms with E-state index in [9.17, 15) is 19.8 Å². The lowest BCUT2D eigenvalue weighted by atomic mass is 9.95. The molecule has 1 amide bonds. The first-order valence-corrected chi connectivity index (χ1v) is 9.45. The minimum absolute atomic E-state index is 0.0531. The molecule has 0 saturated carbocycles. The number of thiophene rings is 1. The van der Waals surface area contributed by atoms with E-state index in [1.54, 1.807) is 36.5 Å². The Balaban J connectivity index is 1.90. The van der Waals surface area contributed by atoms with Crippen LogP contribution < -0.4 is 0 Å². The van der Waals surface area contributed by atoms with Gasteiger partial charge in [-0.25, -0.2) is 0 Å². The van der Waals surface area contributed by atoms with Crippen molar-refractivity contribution in [2.45, 2.75) is 12.6 Å². The highest BCUT2D eigenvalue weighted by Gasteiger charge is 2.47. The lowest BCUT2D eigenvalue weighted by Gasteiger charge is -2.25. The van der Waals surface area contributed by atoms with E-state index < -0.39 is 17.7 Å². The second kappa shape index (κ2) is 7.28. The van der Waals surface area contributed by atoms with Gasteiger partial charge < -0.3 is 15.1 Å². The predicted octanol–water partition coefficient (Wildman–Crippen LogP) is 3.47. The van der Waals surface area contributed by atoms with Gasteiger partial charge >= 0.3 is 0 Å². The third kappa shape index (κ3) is 3.05. The molecule has 0 bridgehead atoms. The van der Waals surface area contributed by atoms with Crippen LogP contribution in [0.15, 0.2) is 71.9 Å². The van der Waals surface area contributed by atoms with Crippen LogP contribution in [0, 0.1) is 0 Å². The van der Waals surface area contributed by atoms with Crippen molar-refractivity contribution in [1.82, 2.24) is 9.88 Å². The number of benzene rings is 1. The Morgan fingerprint density at radius 2 is 1.93 bits per heavy atom. The Bertz CT molecular complexity index is 1060. The number of amides is 1. The molecule has 2 N–H and O–H groups in total. The molecule has 28 heavy (non-hydrogen) atoms. The third-order valence-corrected chi connectivity index (χ3v) is 5.47. The highest BCUT2D eigenvalue weighted by Crippen LogP contribution is 2.43. The van der Waals surface area contributed by atoms with E-state index >= 15 is 0 Å². The van der Waals surface area contributed by atoms with Crippen LogP contribution >= 0.6 is 11.3 Å². The summed E-state index contributed by atoms with van der Waals surface area (Å²) in [6, 6.07) is 12.6. The summed E-state index contributed by atoms with van der Waals surface area (Å²) in [5.74, 6) is -1.87. The number of aromatic hydroxyl groups is 1. The van der Waals surface area contributed by atoms with Gasteiger partial charge in [0.2, 0.25) is 0 Å². The Hall–Kier alpha value is -3.45. The van der Waals surface area contributed by atoms with Gasteiger partial charge in [-0.15, -0.1) is 11.3 Å². The van der Waals surface area contributed by atoms with Crippen molar-refractivity contribution < 1.29 is 19.8 Å². The Kier molecular flexibility index (Phi) is 4.67. The normalized spacial score (nSPS) is 18.6. The quantitative estimate of drug-likeness (QED) is 0.403. The van der Waals surface area contributed by atoms with E-state index in [0.717, 1.165) is 4.88 Å². The Morgan fingerprint density at radius 3 is 2.61 bits per heavy atom. The Morgan fingerprint density at radius 1 is 1.11 bits per heavy atom. The van der Waals surface area contributed by atoms with E-state index in [1.165, 1.54) is 28.5 Å². The first-order chi connectivity index (χ1) is 13.6. The van der Waals surface area contributed by atoms with Gasteiger partial charge in [0.15, 0.2) is 0 Å². The van der Waals surface area contributed by atoms with E-state index in [-0.39, 0.29) is 23.6 Å². The number of aliphatic hydroxyl groups is 1. The van der Waals surface area contributed by atoms with Crippen LogP contribution in [-0.2, 0) is 16.1 Å². The molecule has 1 aliphatic heterocycles. The minimum atomic E-state index is -0.900. The lowest BCUT2D eigenvalue weighted by Crippen LogP contribution is -2.28. The second-order valence-corrected chi connectivity index (χ2v) is 7.34. The summed E-state index contributed by atoms with van der Waals surface area (Å²) in [5.41, 5.74) is 0.650. The predicted molar refractivity (Wildman–Crippen MR) is 105 cm³/mol. The van der Waals surface area contributed by atoms with Crippen LogP contribution in [0.1, 0.15) is 22.0 Å². The fourth-order valence-electron chi connectivity index (χ4n) is 3.31. The first kappa shape index (κ1) is 17.9. The summed E-state index contributed by atoms with van der Waals surface area (Å²) in [7, 11) is 0. The zero-order valence-electron chi connectivity index (χ0n) is 14.6. The molecule has 0 radical (unpaired) electrons. The smallest absolute Gasteiger partial charge is 0.295 e. The summed E-state index contributed by atoms with van der Waals surface area (Å²) >= 11 is 1.46. The van der Waals surface area contributed by atoms with Crippen molar-refractivity contribution in [3.63, 3.8) is 0 Å². The average molecular weight is 392 g/mol. The molecule has 7 heteroatoms. The number of aliphatic hydroxyl groups excluding tert-OH is 1. The summed E-state index contributed by atoms with van der Waals surface area (Å²) in [6.07, 6.45) is 2.97. The average Bonchev–Trinajstić information content (AvgIpc) is 3.31. The number of likely N-dealkylation sites (tertiary alicyclic amines) is 1. The van der Waals surface area contributed by atoms with E-state index in [2.05, 4.69) is 4.98 Å². The van der Waals surface area contributed by atoms with Crippen LogP contribution in [-0.4, -0.2) is 31.8 Å². The minimum Gasteiger partial charge on any atom is -0.508 e. The van der Waals surface area contributed by atoms with Crippen molar-refractivity contribution in [3.05, 3.63) is 87.9 Å². The van der Waals surface area contributed by atoms with Crippen molar-refractivity contribution >= 4 is 28.8 Å². The summed E-state index contributed by atoms with van der Waals surface area (Å²) in [5, 5.41) is 23.1. The molecule has 1 fully saturated rings. The molecular formula is C21H16N2O4S. The van der Waals surface area contributed by atoms with Crippen LogP contribution in [0.3, 0.4) is 0 Å². The number of carbonyl (C=O) groups is 2. The van der Waals surface area contributed by atoms with Gasteiger partial charge in [-0.1, -0.05) is 24.3 Å². The molecule has 1 aliphatic rings. The molecular weight excluding hydrogens is 376 g/mol. The maximum absolute atomic E-state index is 12.8. The van der Waals surface area contributed by atoms with Crippen molar-refractivity contribution in [3.8, 4) is 5.75 Å². The maximum atomic E-state index is 12.8. The standard InChI is InChI=1S/C21H16N2O4S/c24-16-8-2-1-7-15(16)18-17(19(25)13-5-3-9-22-11-13)20(26)21(27)23(18)12-14-6-4-10-28-14/h1-11,18,24-25H,12H2/b19-17+. The number of hydrogen-bond donors (Lipinski definition) is 2. The van der Waals surface area contributed by atoms with Gasteiger partial charge in [0.1, 0.15) is 11.5 Å². The first-order valence-electron chi connectivity index (χ1n) is 8.57. The third-order valence-electron chi connectivity index (χ3n) is 4.61. The molecule has 1 aromatic carbocycles. The van der Waals surface area contributed by atoms with Crippen LogP contribution in [0.5, 0.6) is 5.75 Å². The molecule has 0 aliphatic carbocycles. The lowest BCUT2D eigenvalue weighted by molar-refractivity contribution is -0.140. The number of hydrogen-bond acceptors (Lipinski definition) is 6. The van der Waals surface area contributed by atoms with Gasteiger partial charge in [-0.3, -0.25) is 14.6 Å². The number of para-hydroxylation sites is 1. The van der Waals surface area contributed by atoms with Crippen molar-refractivity contribution in [2.75, 3.05) is 0 Å². The summed E-state index contributed by atoms with van der Waals surface area (Å²) < 4.78 is 0. The fraction of sp³-hybridized carbons (Fsp3) is 0.0952. The maximum Gasteiger partial charge on any atom is 0.295 e. The fourth-order valence-corrected chi connectivity index (χ4v) is 4.02. The van der Waals surface area contributed by atoms with E-state index in [1.807, 2.05) is 17.5 Å². The zero-order valence-corrected chi connectivity index (χ0v) is 15.5. The van der Waals surface area contributed by atoms with Gasteiger partial charge in [0.05, 0.1) is 18.2 Å². The largest absolute Gasteiger partial charge is 0.508 e. The second-order valence-electron chi connectivity index (χ2n) is 6.31. The molecule has 3 heterocycles. The van der Waals surface area contributed by atoms with Gasteiger partial charge in [0.25, 0.3) is 11.7 Å². The number of nitrogens with zero attached hydrogens (tertiary/aromatic N) is 2. The van der Waals surface area contributed by atoms with Gasteiger partial charge in [-0.2, -0.15) is 0 Å². The SMILES string of the molecule is O=C1C(=O)N(Cc2cccs2)C(c2ccccc2O)/C1=C(\O)c1cccnc1. The van der Waals surface area contributed by atoms with Gasteiger partial charge in [0, 0.05) is 28.4 Å². The molecule has 4 rings (SSSR count). The van der Waals surface area contributed by atoms with Crippen molar-refractivity contribution in [2.24, 2.45) is 0 Å². The highest BCUT2D eigenvalue weighted by molar-refractivity contribution is 7.09. The van der Waals surface area contributed by atoms with Gasteiger partial charge in [-0.05, 0) is 29.6 Å². The number of phenols is 1. The molecule has 140 valence electrons. The van der Waals surface area contributed by atoms with Crippen LogP contribution in [0.4, 0.5) is 0 Å². The molecule has 6 nitrogen and oxygen atoms in total. The zero-order chi connectivity index (χ0) is 19.7. The highest BCUT2D eigenvalue weighted by atomic mass is 32.1. The molecule has 1 atom stereocenters. The number of aromatic nitrogens is 1. The monoisotopic (exact) mass is 392 g/mol.